The third kappa shape index (κ3) is 2.30. The molecule has 1 rings (SSSR count). The number of hydrogen-bond acceptors (Lipinski definition) is 2. The van der Waals surface area contributed by atoms with E-state index in [0.717, 1.165) is 24.7 Å². The molecule has 1 atom stereocenters. The predicted octanol–water partition coefficient (Wildman–Crippen LogP) is 1.50. The summed E-state index contributed by atoms with van der Waals surface area (Å²) in [6.07, 6.45) is 5.13. The molecular formula is C9H12O2. The van der Waals surface area contributed by atoms with Gasteiger partial charge in [-0.1, -0.05) is 6.08 Å². The zero-order valence-corrected chi connectivity index (χ0v) is 6.67. The van der Waals surface area contributed by atoms with Crippen LogP contribution in [0.5, 0.6) is 0 Å². The van der Waals surface area contributed by atoms with Crippen molar-refractivity contribution in [2.24, 2.45) is 5.92 Å². The van der Waals surface area contributed by atoms with Crippen LogP contribution in [0.3, 0.4) is 0 Å². The second-order valence-corrected chi connectivity index (χ2v) is 3.11. The van der Waals surface area contributed by atoms with Crippen molar-refractivity contribution < 1.29 is 9.59 Å². The van der Waals surface area contributed by atoms with Crippen LogP contribution in [0.25, 0.3) is 0 Å². The maximum absolute atomic E-state index is 10.7. The summed E-state index contributed by atoms with van der Waals surface area (Å²) in [6.45, 7) is 1.60. The van der Waals surface area contributed by atoms with Crippen LogP contribution in [-0.2, 0) is 9.59 Å². The lowest BCUT2D eigenvalue weighted by Gasteiger charge is -2.04. The predicted molar refractivity (Wildman–Crippen MR) is 42.2 cm³/mol. The SMILES string of the molecule is CC(=O)CC1CC=C(C=O)C1. The molecule has 0 saturated heterocycles. The molecule has 2 nitrogen and oxygen atoms in total. The smallest absolute Gasteiger partial charge is 0.145 e. The maximum Gasteiger partial charge on any atom is 0.145 e. The lowest BCUT2D eigenvalue weighted by atomic mass is 10.00. The van der Waals surface area contributed by atoms with Gasteiger partial charge in [-0.25, -0.2) is 0 Å². The topological polar surface area (TPSA) is 34.1 Å². The van der Waals surface area contributed by atoms with Gasteiger partial charge in [0.2, 0.25) is 0 Å². The average Bonchev–Trinajstić information content (AvgIpc) is 2.34. The van der Waals surface area contributed by atoms with Gasteiger partial charge in [0.05, 0.1) is 0 Å². The van der Waals surface area contributed by atoms with Crippen molar-refractivity contribution in [3.05, 3.63) is 11.6 Å². The van der Waals surface area contributed by atoms with E-state index in [1.165, 1.54) is 0 Å². The molecule has 1 aliphatic carbocycles. The molecule has 0 fully saturated rings. The number of hydrogen-bond donors (Lipinski definition) is 0. The van der Waals surface area contributed by atoms with Crippen molar-refractivity contribution in [1.29, 1.82) is 0 Å². The van der Waals surface area contributed by atoms with Crippen molar-refractivity contribution in [3.63, 3.8) is 0 Å². The average molecular weight is 152 g/mol. The van der Waals surface area contributed by atoms with Crippen molar-refractivity contribution in [1.82, 2.24) is 0 Å². The van der Waals surface area contributed by atoms with E-state index in [0.29, 0.717) is 12.3 Å². The lowest BCUT2D eigenvalue weighted by Crippen LogP contribution is -2.01. The molecule has 0 aromatic heterocycles. The monoisotopic (exact) mass is 152 g/mol. The largest absolute Gasteiger partial charge is 0.300 e. The second kappa shape index (κ2) is 3.46. The third-order valence-electron chi connectivity index (χ3n) is 1.97. The Kier molecular flexibility index (Phi) is 2.58. The normalized spacial score (nSPS) is 23.0. The fourth-order valence-corrected chi connectivity index (χ4v) is 1.48. The zero-order valence-electron chi connectivity index (χ0n) is 6.67. The quantitative estimate of drug-likeness (QED) is 0.574. The van der Waals surface area contributed by atoms with Crippen LogP contribution < -0.4 is 0 Å². The molecule has 0 aliphatic heterocycles. The molecule has 1 unspecified atom stereocenters. The summed E-state index contributed by atoms with van der Waals surface area (Å²) < 4.78 is 0. The van der Waals surface area contributed by atoms with E-state index in [1.54, 1.807) is 6.92 Å². The maximum atomic E-state index is 10.7. The number of aldehydes is 1. The van der Waals surface area contributed by atoms with Crippen LogP contribution in [0, 0.1) is 5.92 Å². The molecule has 0 aromatic carbocycles. The van der Waals surface area contributed by atoms with Gasteiger partial charge in [-0.3, -0.25) is 4.79 Å². The summed E-state index contributed by atoms with van der Waals surface area (Å²) in [5, 5.41) is 0. The van der Waals surface area contributed by atoms with Gasteiger partial charge in [0.15, 0.2) is 0 Å². The highest BCUT2D eigenvalue weighted by molar-refractivity contribution is 5.77. The van der Waals surface area contributed by atoms with Gasteiger partial charge in [0.25, 0.3) is 0 Å². The minimum atomic E-state index is 0.218. The van der Waals surface area contributed by atoms with E-state index >= 15 is 0 Å². The van der Waals surface area contributed by atoms with Crippen molar-refractivity contribution in [2.45, 2.75) is 26.2 Å². The summed E-state index contributed by atoms with van der Waals surface area (Å²) in [7, 11) is 0. The number of ketones is 1. The van der Waals surface area contributed by atoms with Crippen LogP contribution >= 0.6 is 0 Å². The molecule has 1 aliphatic rings. The fourth-order valence-electron chi connectivity index (χ4n) is 1.48. The zero-order chi connectivity index (χ0) is 8.27. The van der Waals surface area contributed by atoms with Gasteiger partial charge in [-0.15, -0.1) is 0 Å². The highest BCUT2D eigenvalue weighted by Crippen LogP contribution is 2.26. The molecule has 0 aromatic rings. The summed E-state index contributed by atoms with van der Waals surface area (Å²) in [5.41, 5.74) is 0.858. The van der Waals surface area contributed by atoms with Gasteiger partial charge < -0.3 is 4.79 Å². The van der Waals surface area contributed by atoms with Crippen LogP contribution in [0.2, 0.25) is 0 Å². The Bertz CT molecular complexity index is 204. The first-order valence-electron chi connectivity index (χ1n) is 3.86. The van der Waals surface area contributed by atoms with Gasteiger partial charge in [0.1, 0.15) is 12.1 Å². The van der Waals surface area contributed by atoms with E-state index in [4.69, 9.17) is 0 Å². The molecule has 0 N–H and O–H groups in total. The molecule has 60 valence electrons. The van der Waals surface area contributed by atoms with Crippen molar-refractivity contribution in [2.75, 3.05) is 0 Å². The van der Waals surface area contributed by atoms with E-state index in [1.807, 2.05) is 6.08 Å². The first-order chi connectivity index (χ1) is 5.22. The molecule has 0 bridgehead atoms. The minimum absolute atomic E-state index is 0.218. The molecular weight excluding hydrogens is 140 g/mol. The summed E-state index contributed by atoms with van der Waals surface area (Å²) in [5.74, 6) is 0.614. The Hall–Kier alpha value is -0.920. The second-order valence-electron chi connectivity index (χ2n) is 3.11. The Morgan fingerprint density at radius 3 is 3.00 bits per heavy atom. The van der Waals surface area contributed by atoms with Gasteiger partial charge in [-0.05, 0) is 31.3 Å². The first kappa shape index (κ1) is 8.18. The Labute approximate surface area is 66.3 Å². The molecule has 0 spiro atoms. The standard InChI is InChI=1S/C9H12O2/c1-7(11)4-8-2-3-9(5-8)6-10/h3,6,8H,2,4-5H2,1H3. The highest BCUT2D eigenvalue weighted by Gasteiger charge is 2.17. The Balaban J connectivity index is 2.35. The molecule has 11 heavy (non-hydrogen) atoms. The molecule has 2 heteroatoms. The molecule has 0 radical (unpaired) electrons. The number of rotatable bonds is 3. The van der Waals surface area contributed by atoms with Gasteiger partial charge in [0, 0.05) is 6.42 Å². The van der Waals surface area contributed by atoms with E-state index < -0.39 is 0 Å². The summed E-state index contributed by atoms with van der Waals surface area (Å²) in [6, 6.07) is 0. The number of allylic oxidation sites excluding steroid dienone is 2. The van der Waals surface area contributed by atoms with Crippen LogP contribution in [-0.4, -0.2) is 12.1 Å². The Morgan fingerprint density at radius 2 is 2.55 bits per heavy atom. The lowest BCUT2D eigenvalue weighted by molar-refractivity contribution is -0.117. The van der Waals surface area contributed by atoms with Crippen LogP contribution in [0.15, 0.2) is 11.6 Å². The Morgan fingerprint density at radius 1 is 1.82 bits per heavy atom. The van der Waals surface area contributed by atoms with Crippen molar-refractivity contribution in [3.8, 4) is 0 Å². The van der Waals surface area contributed by atoms with Gasteiger partial charge in [-0.2, -0.15) is 0 Å². The van der Waals surface area contributed by atoms with Crippen LogP contribution in [0.1, 0.15) is 26.2 Å². The summed E-state index contributed by atoms with van der Waals surface area (Å²) >= 11 is 0. The highest BCUT2D eigenvalue weighted by atomic mass is 16.1. The molecule has 0 heterocycles. The minimum Gasteiger partial charge on any atom is -0.300 e. The van der Waals surface area contributed by atoms with E-state index in [2.05, 4.69) is 0 Å². The third-order valence-corrected chi connectivity index (χ3v) is 1.97. The molecule has 0 saturated carbocycles. The first-order valence-corrected chi connectivity index (χ1v) is 3.86. The van der Waals surface area contributed by atoms with E-state index in [9.17, 15) is 9.59 Å². The van der Waals surface area contributed by atoms with E-state index in [-0.39, 0.29) is 5.78 Å². The number of carbonyl (C=O) groups is 2. The van der Waals surface area contributed by atoms with Crippen LogP contribution in [0.4, 0.5) is 0 Å². The number of Topliss-reactive ketones (excluding diaryl/α,β-unsaturated/α-hetero) is 1. The van der Waals surface area contributed by atoms with Gasteiger partial charge >= 0.3 is 0 Å². The fraction of sp³-hybridized carbons (Fsp3) is 0.556. The molecule has 0 amide bonds. The summed E-state index contributed by atoms with van der Waals surface area (Å²) in [4.78, 5) is 21.0. The number of carbonyl (C=O) groups excluding carboxylic acids is 2. The van der Waals surface area contributed by atoms with Crippen molar-refractivity contribution >= 4 is 12.1 Å².